The van der Waals surface area contributed by atoms with Crippen LogP contribution in [0.2, 0.25) is 0 Å². The first kappa shape index (κ1) is 16.6. The molecule has 6 aromatic rings. The van der Waals surface area contributed by atoms with E-state index in [1.807, 2.05) is 76.6 Å². The van der Waals surface area contributed by atoms with Crippen LogP contribution in [0.4, 0.5) is 0 Å². The first-order valence-electron chi connectivity index (χ1n) is 9.61. The summed E-state index contributed by atoms with van der Waals surface area (Å²) in [4.78, 5) is 18.0. The van der Waals surface area contributed by atoms with Gasteiger partial charge in [0, 0.05) is 34.6 Å². The van der Waals surface area contributed by atoms with E-state index in [1.165, 1.54) is 0 Å². The van der Waals surface area contributed by atoms with Crippen molar-refractivity contribution in [2.24, 2.45) is 0 Å². The Kier molecular flexibility index (Phi) is 3.67. The fourth-order valence-electron chi connectivity index (χ4n) is 3.62. The molecule has 0 unspecified atom stereocenters. The molecule has 6 heteroatoms. The normalized spacial score (nSPS) is 11.3. The number of pyridine rings is 4. The van der Waals surface area contributed by atoms with E-state index in [0.717, 1.165) is 44.1 Å². The van der Waals surface area contributed by atoms with Crippen molar-refractivity contribution >= 4 is 32.6 Å². The van der Waals surface area contributed by atoms with Crippen molar-refractivity contribution in [2.75, 3.05) is 0 Å². The number of hydrogen-bond acceptors (Lipinski definition) is 4. The van der Waals surface area contributed by atoms with Crippen molar-refractivity contribution in [3.05, 3.63) is 98.2 Å². The summed E-state index contributed by atoms with van der Waals surface area (Å²) in [5, 5.41) is 4.26. The Labute approximate surface area is 171 Å². The predicted octanol–water partition coefficient (Wildman–Crippen LogP) is 3.28. The van der Waals surface area contributed by atoms with Crippen molar-refractivity contribution in [3.8, 4) is 11.5 Å². The van der Waals surface area contributed by atoms with Gasteiger partial charge in [-0.15, -0.1) is 0 Å². The van der Waals surface area contributed by atoms with Gasteiger partial charge in [-0.3, -0.25) is 9.97 Å². The Morgan fingerprint density at radius 2 is 1.57 bits per heavy atom. The lowest BCUT2D eigenvalue weighted by atomic mass is 10.2. The second kappa shape index (κ2) is 6.63. The van der Waals surface area contributed by atoms with E-state index in [4.69, 9.17) is 0 Å². The van der Waals surface area contributed by atoms with Gasteiger partial charge in [0.05, 0.1) is 29.4 Å². The molecule has 0 radical (unpaired) electrons. The summed E-state index contributed by atoms with van der Waals surface area (Å²) in [5.41, 5.74) is 2.80. The van der Waals surface area contributed by atoms with Crippen molar-refractivity contribution in [1.29, 1.82) is 0 Å². The van der Waals surface area contributed by atoms with Crippen LogP contribution in [0.5, 0.6) is 0 Å². The van der Waals surface area contributed by atoms with Crippen LogP contribution in [-0.2, 0) is 0 Å². The van der Waals surface area contributed by atoms with Crippen molar-refractivity contribution in [3.63, 3.8) is 0 Å². The number of benzene rings is 1. The van der Waals surface area contributed by atoms with Gasteiger partial charge in [0.25, 0.3) is 6.33 Å². The highest BCUT2D eigenvalue weighted by Crippen LogP contribution is 2.15. The Balaban J connectivity index is 1.41. The summed E-state index contributed by atoms with van der Waals surface area (Å²) in [6, 6.07) is 16.2. The molecular formula is C24H16N6+2. The van der Waals surface area contributed by atoms with Crippen LogP contribution in [0, 0.1) is 0 Å². The van der Waals surface area contributed by atoms with E-state index in [0.29, 0.717) is 0 Å². The lowest BCUT2D eigenvalue weighted by molar-refractivity contribution is -0.598. The zero-order valence-corrected chi connectivity index (χ0v) is 15.9. The molecule has 1 aromatic carbocycles. The van der Waals surface area contributed by atoms with E-state index in [-0.39, 0.29) is 0 Å². The Bertz CT molecular complexity index is 1440. The molecule has 30 heavy (non-hydrogen) atoms. The minimum atomic E-state index is 0.821. The van der Waals surface area contributed by atoms with Gasteiger partial charge in [0.2, 0.25) is 0 Å². The second-order valence-corrected chi connectivity index (χ2v) is 7.13. The second-order valence-electron chi connectivity index (χ2n) is 7.13. The highest BCUT2D eigenvalue weighted by Gasteiger charge is 2.13. The lowest BCUT2D eigenvalue weighted by Crippen LogP contribution is -2.31. The zero-order chi connectivity index (χ0) is 19.9. The summed E-state index contributed by atoms with van der Waals surface area (Å²) in [6.45, 7) is 0. The van der Waals surface area contributed by atoms with Crippen LogP contribution in [0.15, 0.2) is 98.2 Å². The maximum absolute atomic E-state index is 4.67. The third-order valence-corrected chi connectivity index (χ3v) is 5.22. The number of nitrogens with zero attached hydrogens (tertiary/aromatic N) is 6. The molecular weight excluding hydrogens is 372 g/mol. The number of rotatable bonds is 2. The molecule has 0 saturated carbocycles. The minimum Gasteiger partial charge on any atom is -0.264 e. The molecule has 0 saturated heterocycles. The molecule has 0 amide bonds. The summed E-state index contributed by atoms with van der Waals surface area (Å²) in [6.07, 6.45) is 15.3. The highest BCUT2D eigenvalue weighted by atomic mass is 15.0. The summed E-state index contributed by atoms with van der Waals surface area (Å²) in [7, 11) is 0. The third-order valence-electron chi connectivity index (χ3n) is 5.22. The van der Waals surface area contributed by atoms with E-state index >= 15 is 0 Å². The van der Waals surface area contributed by atoms with Gasteiger partial charge in [0.15, 0.2) is 11.2 Å². The smallest absolute Gasteiger partial charge is 0.264 e. The molecule has 0 atom stereocenters. The molecule has 0 aliphatic heterocycles. The van der Waals surface area contributed by atoms with Crippen LogP contribution in [0.1, 0.15) is 0 Å². The molecule has 6 rings (SSSR count). The van der Waals surface area contributed by atoms with Crippen LogP contribution < -0.4 is 9.13 Å². The maximum atomic E-state index is 4.67. The average molecular weight is 388 g/mol. The maximum Gasteiger partial charge on any atom is 0.329 e. The molecule has 6 nitrogen and oxygen atoms in total. The predicted molar refractivity (Wildman–Crippen MR) is 113 cm³/mol. The van der Waals surface area contributed by atoms with Gasteiger partial charge in [-0.05, 0) is 34.2 Å². The highest BCUT2D eigenvalue weighted by molar-refractivity contribution is 5.81. The van der Waals surface area contributed by atoms with Crippen molar-refractivity contribution < 1.29 is 9.13 Å². The number of para-hydroxylation sites is 1. The number of aromatic nitrogens is 6. The molecule has 0 fully saturated rings. The summed E-state index contributed by atoms with van der Waals surface area (Å²) in [5.74, 6) is 0.821. The molecule has 140 valence electrons. The molecule has 0 aliphatic carbocycles. The average Bonchev–Trinajstić information content (AvgIpc) is 2.83. The van der Waals surface area contributed by atoms with E-state index < -0.39 is 0 Å². The SMILES string of the molecule is c1ccc2nc[n+](-c3cnc4cc(-[n+]5ccc6cnccc6c5)ncc4c3)cc2c1. The summed E-state index contributed by atoms with van der Waals surface area (Å²) >= 11 is 0. The van der Waals surface area contributed by atoms with Gasteiger partial charge in [-0.2, -0.15) is 0 Å². The van der Waals surface area contributed by atoms with E-state index in [9.17, 15) is 0 Å². The molecule has 0 spiro atoms. The zero-order valence-electron chi connectivity index (χ0n) is 15.9. The quantitative estimate of drug-likeness (QED) is 0.427. The van der Waals surface area contributed by atoms with Gasteiger partial charge < -0.3 is 0 Å². The van der Waals surface area contributed by atoms with Gasteiger partial charge in [-0.25, -0.2) is 9.13 Å². The first-order valence-corrected chi connectivity index (χ1v) is 9.61. The minimum absolute atomic E-state index is 0.821. The van der Waals surface area contributed by atoms with Crippen LogP contribution in [-0.4, -0.2) is 19.9 Å². The number of fused-ring (bicyclic) bond motifs is 3. The Hall–Kier alpha value is -4.32. The van der Waals surface area contributed by atoms with Crippen molar-refractivity contribution in [2.45, 2.75) is 0 Å². The van der Waals surface area contributed by atoms with Gasteiger partial charge >= 0.3 is 5.82 Å². The molecule has 0 aliphatic rings. The monoisotopic (exact) mass is 388 g/mol. The first-order chi connectivity index (χ1) is 14.8. The number of hydrogen-bond donors (Lipinski definition) is 0. The van der Waals surface area contributed by atoms with Crippen molar-refractivity contribution in [1.82, 2.24) is 19.9 Å². The van der Waals surface area contributed by atoms with E-state index in [1.54, 1.807) is 6.20 Å². The standard InChI is InChI=1S/C24H16N6/c1-2-4-22-19(3-1)15-30(16-28-22)21-9-20-12-27-24(10-23(20)26-13-21)29-8-6-17-11-25-7-5-18(17)14-29/h1-16H/q+2. The Morgan fingerprint density at radius 1 is 0.633 bits per heavy atom. The van der Waals surface area contributed by atoms with Crippen LogP contribution in [0.3, 0.4) is 0 Å². The molecule has 0 bridgehead atoms. The van der Waals surface area contributed by atoms with E-state index in [2.05, 4.69) is 44.5 Å². The molecule has 5 heterocycles. The fraction of sp³-hybridized carbons (Fsp3) is 0. The fourth-order valence-corrected chi connectivity index (χ4v) is 3.62. The van der Waals surface area contributed by atoms with Crippen LogP contribution in [0.25, 0.3) is 44.1 Å². The Morgan fingerprint density at radius 3 is 2.57 bits per heavy atom. The molecule has 0 N–H and O–H groups in total. The van der Waals surface area contributed by atoms with Gasteiger partial charge in [0.1, 0.15) is 18.6 Å². The lowest BCUT2D eigenvalue weighted by Gasteiger charge is -2.02. The van der Waals surface area contributed by atoms with Crippen LogP contribution >= 0.6 is 0 Å². The van der Waals surface area contributed by atoms with Gasteiger partial charge in [-0.1, -0.05) is 12.1 Å². The topological polar surface area (TPSA) is 59.3 Å². The largest absolute Gasteiger partial charge is 0.329 e. The molecule has 5 aromatic heterocycles. The summed E-state index contributed by atoms with van der Waals surface area (Å²) < 4.78 is 3.98. The third kappa shape index (κ3) is 2.82.